The van der Waals surface area contributed by atoms with Crippen molar-refractivity contribution in [3.05, 3.63) is 40.7 Å². The number of carboxylic acid groups (broad SMARTS) is 1. The van der Waals surface area contributed by atoms with Crippen molar-refractivity contribution >= 4 is 68.1 Å². The van der Waals surface area contributed by atoms with Crippen molar-refractivity contribution in [3.8, 4) is 0 Å². The predicted molar refractivity (Wildman–Crippen MR) is 142 cm³/mol. The van der Waals surface area contributed by atoms with E-state index >= 15 is 0 Å². The molecule has 2 atom stereocenters. The number of nitrogens with one attached hydrogen (secondary N) is 1. The summed E-state index contributed by atoms with van der Waals surface area (Å²) in [6, 6.07) is -1.01. The molecule has 2 amide bonds. The van der Waals surface area contributed by atoms with Crippen molar-refractivity contribution < 1.29 is 38.4 Å². The summed E-state index contributed by atoms with van der Waals surface area (Å²) < 4.78 is 18.7. The maximum Gasteiger partial charge on any atom is 0.320 e. The lowest BCUT2D eigenvalue weighted by atomic mass is 10.0. The first-order valence-electron chi connectivity index (χ1n) is 11.8. The lowest BCUT2D eigenvalue weighted by Gasteiger charge is -2.50. The molecule has 5 heterocycles. The Morgan fingerprint density at radius 1 is 1.38 bits per heavy atom. The summed E-state index contributed by atoms with van der Waals surface area (Å²) in [6.07, 6.45) is 3.01. The summed E-state index contributed by atoms with van der Waals surface area (Å²) in [5.74, 6) is -1.97. The van der Waals surface area contributed by atoms with Gasteiger partial charge in [-0.25, -0.2) is 4.57 Å². The molecule has 0 saturated carbocycles. The van der Waals surface area contributed by atoms with Gasteiger partial charge in [-0.3, -0.25) is 14.5 Å². The Hall–Kier alpha value is -3.58. The van der Waals surface area contributed by atoms with Crippen LogP contribution < -0.4 is 20.7 Å². The Morgan fingerprint density at radius 3 is 2.80 bits per heavy atom. The molecular formula is C22H24N8O7S3. The van der Waals surface area contributed by atoms with Crippen LogP contribution in [0.3, 0.4) is 0 Å². The number of hydrogen-bond donors (Lipinski definition) is 2. The fourth-order valence-corrected chi connectivity index (χ4v) is 6.99. The number of β-lactam (4-membered cyclic amide) rings is 1. The third-order valence-corrected chi connectivity index (χ3v) is 8.81. The molecule has 0 unspecified atom stereocenters. The number of aromatic nitrogens is 4. The Morgan fingerprint density at radius 2 is 2.15 bits per heavy atom. The van der Waals surface area contributed by atoms with Gasteiger partial charge in [-0.05, 0) is 6.92 Å². The molecule has 18 heteroatoms. The van der Waals surface area contributed by atoms with E-state index in [1.165, 1.54) is 37.3 Å². The zero-order valence-electron chi connectivity index (χ0n) is 21.4. The molecule has 5 rings (SSSR count). The summed E-state index contributed by atoms with van der Waals surface area (Å²) in [5, 5.41) is 20.1. The van der Waals surface area contributed by atoms with Crippen molar-refractivity contribution in [2.75, 3.05) is 32.3 Å². The van der Waals surface area contributed by atoms with Gasteiger partial charge in [-0.2, -0.15) is 13.8 Å². The SMILES string of the molecule is CCO/N=C(\C(=O)N[C@@H]1C(=O)N2C(C(=O)[O-])=C(C[n+]3cc4sccn4c3C(OC)OC)CS[C@H]12)c1nsc(N)n1. The summed E-state index contributed by atoms with van der Waals surface area (Å²) in [6.45, 7) is 2.02. The van der Waals surface area contributed by atoms with Crippen molar-refractivity contribution in [1.82, 2.24) is 24.0 Å². The van der Waals surface area contributed by atoms with Crippen LogP contribution in [0, 0.1) is 0 Å². The van der Waals surface area contributed by atoms with Gasteiger partial charge in [0.1, 0.15) is 37.0 Å². The Kier molecular flexibility index (Phi) is 8.04. The van der Waals surface area contributed by atoms with Gasteiger partial charge in [0.15, 0.2) is 5.13 Å². The Labute approximate surface area is 239 Å². The zero-order valence-corrected chi connectivity index (χ0v) is 23.9. The third-order valence-electron chi connectivity index (χ3n) is 6.12. The van der Waals surface area contributed by atoms with E-state index in [0.717, 1.165) is 21.3 Å². The van der Waals surface area contributed by atoms with Crippen LogP contribution in [0.2, 0.25) is 0 Å². The topological polar surface area (TPSA) is 190 Å². The highest BCUT2D eigenvalue weighted by Gasteiger charge is 2.53. The summed E-state index contributed by atoms with van der Waals surface area (Å²) in [5.41, 5.74) is 5.63. The van der Waals surface area contributed by atoms with E-state index in [-0.39, 0.29) is 41.3 Å². The number of oxime groups is 1. The first kappa shape index (κ1) is 28.0. The van der Waals surface area contributed by atoms with Crippen molar-refractivity contribution in [2.45, 2.75) is 31.2 Å². The molecule has 0 spiro atoms. The number of carboxylic acids is 1. The van der Waals surface area contributed by atoms with Crippen LogP contribution in [0.4, 0.5) is 5.13 Å². The van der Waals surface area contributed by atoms with Gasteiger partial charge in [-0.1, -0.05) is 16.5 Å². The number of thioether (sulfide) groups is 1. The van der Waals surface area contributed by atoms with Crippen LogP contribution in [0.5, 0.6) is 0 Å². The van der Waals surface area contributed by atoms with E-state index in [1.807, 2.05) is 26.7 Å². The van der Waals surface area contributed by atoms with E-state index in [4.69, 9.17) is 20.0 Å². The number of amides is 2. The van der Waals surface area contributed by atoms with Crippen molar-refractivity contribution in [3.63, 3.8) is 0 Å². The molecule has 3 aromatic rings. The smallest absolute Gasteiger partial charge is 0.320 e. The second-order valence-corrected chi connectivity index (χ2v) is 11.3. The normalized spacial score (nSPS) is 19.2. The van der Waals surface area contributed by atoms with E-state index in [1.54, 1.807) is 6.92 Å². The molecular weight excluding hydrogens is 584 g/mol. The van der Waals surface area contributed by atoms with Crippen molar-refractivity contribution in [1.29, 1.82) is 0 Å². The van der Waals surface area contributed by atoms with Crippen LogP contribution in [-0.4, -0.2) is 80.1 Å². The van der Waals surface area contributed by atoms with Gasteiger partial charge in [0.25, 0.3) is 18.1 Å². The van der Waals surface area contributed by atoms with Crippen LogP contribution in [0.25, 0.3) is 4.83 Å². The van der Waals surface area contributed by atoms with Gasteiger partial charge in [0, 0.05) is 42.5 Å². The van der Waals surface area contributed by atoms with E-state index in [0.29, 0.717) is 11.4 Å². The highest BCUT2D eigenvalue weighted by molar-refractivity contribution is 8.00. The minimum absolute atomic E-state index is 0.0447. The molecule has 40 heavy (non-hydrogen) atoms. The lowest BCUT2D eigenvalue weighted by molar-refractivity contribution is -0.702. The molecule has 1 fully saturated rings. The minimum Gasteiger partial charge on any atom is -0.543 e. The number of methoxy groups -OCH3 is 2. The van der Waals surface area contributed by atoms with Gasteiger partial charge >= 0.3 is 5.82 Å². The number of nitrogens with zero attached hydrogens (tertiary/aromatic N) is 6. The maximum absolute atomic E-state index is 13.2. The first-order chi connectivity index (χ1) is 19.3. The van der Waals surface area contributed by atoms with E-state index in [9.17, 15) is 19.5 Å². The monoisotopic (exact) mass is 608 g/mol. The number of anilines is 1. The quantitative estimate of drug-likeness (QED) is 0.0880. The Bertz CT molecular complexity index is 1530. The number of nitrogens with two attached hydrogens (primary N) is 1. The van der Waals surface area contributed by atoms with Gasteiger partial charge < -0.3 is 35.3 Å². The van der Waals surface area contributed by atoms with Crippen LogP contribution >= 0.6 is 34.6 Å². The number of thiazole rings is 1. The minimum atomic E-state index is -1.49. The fourth-order valence-electron chi connectivity index (χ4n) is 4.45. The third kappa shape index (κ3) is 4.92. The molecule has 0 radical (unpaired) electrons. The molecule has 3 aromatic heterocycles. The lowest BCUT2D eigenvalue weighted by Crippen LogP contribution is -2.71. The number of nitrogen functional groups attached to an aromatic ring is 1. The number of fused-ring (bicyclic) bond motifs is 2. The highest BCUT2D eigenvalue weighted by Crippen LogP contribution is 2.40. The Balaban J connectivity index is 1.40. The van der Waals surface area contributed by atoms with Gasteiger partial charge in [0.2, 0.25) is 16.4 Å². The summed E-state index contributed by atoms with van der Waals surface area (Å²) in [4.78, 5) is 49.6. The zero-order chi connectivity index (χ0) is 28.6. The first-order valence-corrected chi connectivity index (χ1v) is 14.5. The average molecular weight is 609 g/mol. The van der Waals surface area contributed by atoms with Gasteiger partial charge in [0.05, 0.1) is 11.7 Å². The average Bonchev–Trinajstić information content (AvgIpc) is 3.65. The van der Waals surface area contributed by atoms with Gasteiger partial charge in [-0.15, -0.1) is 11.8 Å². The second-order valence-electron chi connectivity index (χ2n) is 8.44. The molecule has 3 N–H and O–H groups in total. The molecule has 2 aliphatic heterocycles. The molecule has 0 aliphatic carbocycles. The predicted octanol–water partition coefficient (Wildman–Crippen LogP) is -1.14. The number of rotatable bonds is 11. The highest BCUT2D eigenvalue weighted by atomic mass is 32.2. The number of carbonyl (C=O) groups is 3. The van der Waals surface area contributed by atoms with Crippen molar-refractivity contribution in [2.24, 2.45) is 5.16 Å². The number of hydrogen-bond acceptors (Lipinski definition) is 14. The molecule has 15 nitrogen and oxygen atoms in total. The number of aliphatic carboxylic acids is 1. The molecule has 212 valence electrons. The van der Waals surface area contributed by atoms with Crippen LogP contribution in [0.15, 0.2) is 34.2 Å². The number of imidazole rings is 1. The number of carbonyl (C=O) groups excluding carboxylic acids is 3. The molecule has 2 aliphatic rings. The number of ether oxygens (including phenoxy) is 2. The summed E-state index contributed by atoms with van der Waals surface area (Å²) >= 11 is 3.69. The standard InChI is InChI=1S/C22H24N8O7S3/c1-4-37-26-12(15-25-22(23)40-27-15)16(31)24-13-18(32)30-14(20(33)34)10(9-39-19(13)30)7-28-8-11-29(5-6-38-11)17(28)21(35-2)36-3/h5-6,8,13,19,21H,4,7,9H2,1-3H3,(H3-,23,24,25,27,31,33,34)/b26-12-/t13-,19-/m1/s1. The van der Waals surface area contributed by atoms with E-state index in [2.05, 4.69) is 19.8 Å². The second kappa shape index (κ2) is 11.5. The van der Waals surface area contributed by atoms with Crippen LogP contribution in [0.1, 0.15) is 24.9 Å². The molecule has 0 bridgehead atoms. The maximum atomic E-state index is 13.2. The largest absolute Gasteiger partial charge is 0.543 e. The van der Waals surface area contributed by atoms with Crippen LogP contribution in [-0.2, 0) is 35.2 Å². The fraction of sp³-hybridized carbons (Fsp3) is 0.409. The summed E-state index contributed by atoms with van der Waals surface area (Å²) in [7, 11) is 3.02. The van der Waals surface area contributed by atoms with E-state index < -0.39 is 35.5 Å². The molecule has 0 aromatic carbocycles. The molecule has 1 saturated heterocycles.